The van der Waals surface area contributed by atoms with Gasteiger partial charge in [0.1, 0.15) is 5.75 Å². The minimum atomic E-state index is -4.32. The van der Waals surface area contributed by atoms with Crippen LogP contribution in [0.3, 0.4) is 0 Å². The average molecular weight is 315 g/mol. The number of carbonyl (C=O) groups is 2. The Kier molecular flexibility index (Phi) is 4.06. The predicted molar refractivity (Wildman–Crippen MR) is 70.5 cm³/mol. The second-order valence-corrected chi connectivity index (χ2v) is 5.32. The summed E-state index contributed by atoms with van der Waals surface area (Å²) >= 11 is 0. The minimum absolute atomic E-state index is 0.0350. The van der Waals surface area contributed by atoms with E-state index in [-0.39, 0.29) is 18.7 Å². The molecule has 1 aromatic carbocycles. The van der Waals surface area contributed by atoms with Crippen molar-refractivity contribution in [3.63, 3.8) is 0 Å². The highest BCUT2D eigenvalue weighted by atomic mass is 19.3. The summed E-state index contributed by atoms with van der Waals surface area (Å²) in [5.74, 6) is -7.20. The van der Waals surface area contributed by atoms with Crippen molar-refractivity contribution in [3.05, 3.63) is 29.8 Å². The lowest BCUT2D eigenvalue weighted by molar-refractivity contribution is -0.205. The standard InChI is InChI=1S/C14H15F2NO5/c15-14(16,12(20)21)13(22)5-6-17(8-13)11(19)7-9-1-3-10(18)4-2-9/h1-4,18,22H,5-8H2,(H,20,21). The van der Waals surface area contributed by atoms with Crippen molar-refractivity contribution in [2.75, 3.05) is 13.1 Å². The van der Waals surface area contributed by atoms with Crippen molar-refractivity contribution in [1.29, 1.82) is 0 Å². The van der Waals surface area contributed by atoms with Crippen LogP contribution in [0.1, 0.15) is 12.0 Å². The second kappa shape index (κ2) is 5.53. The maximum Gasteiger partial charge on any atom is 0.377 e. The Bertz CT molecular complexity index is 589. The van der Waals surface area contributed by atoms with Gasteiger partial charge < -0.3 is 20.2 Å². The van der Waals surface area contributed by atoms with Gasteiger partial charge in [-0.15, -0.1) is 0 Å². The molecule has 0 spiro atoms. The summed E-state index contributed by atoms with van der Waals surface area (Å²) < 4.78 is 27.1. The molecule has 0 bridgehead atoms. The molecule has 1 fully saturated rings. The number of aliphatic hydroxyl groups is 1. The molecule has 0 saturated carbocycles. The number of β-amino-alcohol motifs (C(OH)–C–C–N with tert-alkyl or cyclic N) is 1. The second-order valence-electron chi connectivity index (χ2n) is 5.32. The van der Waals surface area contributed by atoms with Crippen LogP contribution >= 0.6 is 0 Å². The van der Waals surface area contributed by atoms with Crippen molar-refractivity contribution in [2.45, 2.75) is 24.4 Å². The van der Waals surface area contributed by atoms with Crippen LogP contribution in [0, 0.1) is 0 Å². The predicted octanol–water partition coefficient (Wildman–Crippen LogP) is 0.618. The molecule has 22 heavy (non-hydrogen) atoms. The fraction of sp³-hybridized carbons (Fsp3) is 0.429. The lowest BCUT2D eigenvalue weighted by Gasteiger charge is -2.28. The van der Waals surface area contributed by atoms with Gasteiger partial charge in [0.05, 0.1) is 13.0 Å². The number of likely N-dealkylation sites (tertiary alicyclic amines) is 1. The number of aliphatic carboxylic acids is 1. The van der Waals surface area contributed by atoms with Gasteiger partial charge >= 0.3 is 11.9 Å². The van der Waals surface area contributed by atoms with Crippen LogP contribution in [0.25, 0.3) is 0 Å². The van der Waals surface area contributed by atoms with E-state index in [1.54, 1.807) is 0 Å². The third-order valence-electron chi connectivity index (χ3n) is 3.75. The molecule has 1 amide bonds. The van der Waals surface area contributed by atoms with E-state index in [2.05, 4.69) is 0 Å². The number of rotatable bonds is 4. The van der Waals surface area contributed by atoms with Crippen molar-refractivity contribution >= 4 is 11.9 Å². The zero-order valence-corrected chi connectivity index (χ0v) is 11.5. The molecule has 1 aliphatic rings. The van der Waals surface area contributed by atoms with E-state index >= 15 is 0 Å². The number of benzene rings is 1. The van der Waals surface area contributed by atoms with Crippen LogP contribution in [0.5, 0.6) is 5.75 Å². The zero-order valence-electron chi connectivity index (χ0n) is 11.5. The van der Waals surface area contributed by atoms with Gasteiger partial charge in [0.25, 0.3) is 0 Å². The molecule has 1 heterocycles. The number of aromatic hydroxyl groups is 1. The molecule has 2 rings (SSSR count). The number of phenolic OH excluding ortho intramolecular Hbond substituents is 1. The lowest BCUT2D eigenvalue weighted by Crippen LogP contribution is -2.55. The number of alkyl halides is 2. The van der Waals surface area contributed by atoms with E-state index in [0.29, 0.717) is 5.56 Å². The number of hydrogen-bond donors (Lipinski definition) is 3. The van der Waals surface area contributed by atoms with Gasteiger partial charge in [0, 0.05) is 13.0 Å². The SMILES string of the molecule is O=C(Cc1ccc(O)cc1)N1CCC(O)(C(F)(F)C(=O)O)C1. The Balaban J connectivity index is 2.05. The summed E-state index contributed by atoms with van der Waals surface area (Å²) in [6.07, 6.45) is -0.595. The molecule has 6 nitrogen and oxygen atoms in total. The number of carboxylic acids is 1. The molecular formula is C14H15F2NO5. The molecule has 1 atom stereocenters. The van der Waals surface area contributed by atoms with Gasteiger partial charge in [0.2, 0.25) is 5.91 Å². The molecular weight excluding hydrogens is 300 g/mol. The number of halogens is 2. The molecule has 3 N–H and O–H groups in total. The topological polar surface area (TPSA) is 98.1 Å². The highest BCUT2D eigenvalue weighted by Gasteiger charge is 2.61. The van der Waals surface area contributed by atoms with Gasteiger partial charge in [-0.25, -0.2) is 4.79 Å². The fourth-order valence-electron chi connectivity index (χ4n) is 2.36. The van der Waals surface area contributed by atoms with Crippen LogP contribution in [-0.2, 0) is 16.0 Å². The number of hydrogen-bond acceptors (Lipinski definition) is 4. The lowest BCUT2D eigenvalue weighted by atomic mass is 9.95. The largest absolute Gasteiger partial charge is 0.508 e. The molecule has 1 aliphatic heterocycles. The fourth-order valence-corrected chi connectivity index (χ4v) is 2.36. The van der Waals surface area contributed by atoms with E-state index in [1.165, 1.54) is 24.3 Å². The Hall–Kier alpha value is -2.22. The summed E-state index contributed by atoms with van der Waals surface area (Å²) in [6.45, 7) is -0.875. The zero-order chi connectivity index (χ0) is 16.5. The smallest absolute Gasteiger partial charge is 0.377 e. The third-order valence-corrected chi connectivity index (χ3v) is 3.75. The monoisotopic (exact) mass is 315 g/mol. The Morgan fingerprint density at radius 2 is 1.86 bits per heavy atom. The molecule has 1 aromatic rings. The van der Waals surface area contributed by atoms with Gasteiger partial charge in [0.15, 0.2) is 5.60 Å². The number of carboxylic acid groups (broad SMARTS) is 1. The quantitative estimate of drug-likeness (QED) is 0.756. The average Bonchev–Trinajstić information content (AvgIpc) is 2.85. The first-order valence-corrected chi connectivity index (χ1v) is 6.55. The first-order chi connectivity index (χ1) is 10.2. The van der Waals surface area contributed by atoms with Crippen LogP contribution in [0.4, 0.5) is 8.78 Å². The van der Waals surface area contributed by atoms with Gasteiger partial charge in [-0.2, -0.15) is 8.78 Å². The molecule has 0 radical (unpaired) electrons. The summed E-state index contributed by atoms with van der Waals surface area (Å²) in [4.78, 5) is 23.6. The van der Waals surface area contributed by atoms with Gasteiger partial charge in [-0.1, -0.05) is 12.1 Å². The first-order valence-electron chi connectivity index (χ1n) is 6.55. The van der Waals surface area contributed by atoms with Crippen molar-refractivity contribution < 1.29 is 33.7 Å². The summed E-state index contributed by atoms with van der Waals surface area (Å²) in [5, 5.41) is 27.5. The van der Waals surface area contributed by atoms with E-state index in [9.17, 15) is 23.5 Å². The first kappa shape index (κ1) is 16.2. The van der Waals surface area contributed by atoms with Crippen molar-refractivity contribution in [3.8, 4) is 5.75 Å². The summed E-state index contributed by atoms with van der Waals surface area (Å²) in [6, 6.07) is 5.81. The normalized spacial score (nSPS) is 21.9. The van der Waals surface area contributed by atoms with Gasteiger partial charge in [-0.3, -0.25) is 4.79 Å². The molecule has 0 aliphatic carbocycles. The number of nitrogens with zero attached hydrogens (tertiary/aromatic N) is 1. The number of phenols is 1. The maximum atomic E-state index is 13.5. The van der Waals surface area contributed by atoms with E-state index in [0.717, 1.165) is 4.90 Å². The van der Waals surface area contributed by atoms with E-state index < -0.39 is 36.4 Å². The van der Waals surface area contributed by atoms with Crippen LogP contribution < -0.4 is 0 Å². The van der Waals surface area contributed by atoms with Gasteiger partial charge in [-0.05, 0) is 17.7 Å². The summed E-state index contributed by atoms with van der Waals surface area (Å²) in [5.41, 5.74) is -2.19. The number of amides is 1. The Morgan fingerprint density at radius 1 is 1.27 bits per heavy atom. The third kappa shape index (κ3) is 2.87. The number of carbonyl (C=O) groups excluding carboxylic acids is 1. The Morgan fingerprint density at radius 3 is 2.41 bits per heavy atom. The molecule has 0 aromatic heterocycles. The molecule has 1 saturated heterocycles. The molecule has 8 heteroatoms. The van der Waals surface area contributed by atoms with Crippen LogP contribution in [0.2, 0.25) is 0 Å². The highest BCUT2D eigenvalue weighted by Crippen LogP contribution is 2.37. The molecule has 1 unspecified atom stereocenters. The van der Waals surface area contributed by atoms with Crippen molar-refractivity contribution in [2.24, 2.45) is 0 Å². The van der Waals surface area contributed by atoms with Crippen molar-refractivity contribution in [1.82, 2.24) is 4.90 Å². The van der Waals surface area contributed by atoms with Crippen LogP contribution in [0.15, 0.2) is 24.3 Å². The Labute approximate surface area is 124 Å². The minimum Gasteiger partial charge on any atom is -0.508 e. The molecule has 120 valence electrons. The maximum absolute atomic E-state index is 13.5. The van der Waals surface area contributed by atoms with Crippen LogP contribution in [-0.4, -0.2) is 56.7 Å². The summed E-state index contributed by atoms with van der Waals surface area (Å²) in [7, 11) is 0. The highest BCUT2D eigenvalue weighted by molar-refractivity contribution is 5.81. The van der Waals surface area contributed by atoms with E-state index in [4.69, 9.17) is 10.2 Å². The van der Waals surface area contributed by atoms with E-state index in [1.807, 2.05) is 0 Å².